The van der Waals surface area contributed by atoms with Crippen molar-refractivity contribution in [2.75, 3.05) is 0 Å². The smallest absolute Gasteiger partial charge is 1.00 e. The molecule has 0 bridgehead atoms. The minimum absolute atomic E-state index is 0. The molecule has 0 aromatic heterocycles. The number of halogens is 2. The van der Waals surface area contributed by atoms with Crippen LogP contribution in [0.2, 0.25) is 0 Å². The molecule has 2 aliphatic carbocycles. The van der Waals surface area contributed by atoms with Gasteiger partial charge in [0.05, 0.1) is 0 Å². The summed E-state index contributed by atoms with van der Waals surface area (Å²) in [4.78, 5) is 0. The Hall–Kier alpha value is -0.297. The van der Waals surface area contributed by atoms with Gasteiger partial charge in [-0.1, -0.05) is 0 Å². The van der Waals surface area contributed by atoms with Crippen molar-refractivity contribution in [3.05, 3.63) is 40.0 Å². The SMILES string of the molecule is CC1=C(C)C(C)[C]([Zr+2][C]2=C(C)C(C)=C(C)C2C)=C1C.[F-].[F-]. The fourth-order valence-corrected chi connectivity index (χ4v) is 7.96. The molecular formula is C18H26F2Zr. The summed E-state index contributed by atoms with van der Waals surface area (Å²) in [5, 5.41) is 0. The van der Waals surface area contributed by atoms with E-state index in [4.69, 9.17) is 0 Å². The third kappa shape index (κ3) is 3.23. The van der Waals surface area contributed by atoms with Crippen molar-refractivity contribution >= 4 is 0 Å². The molecule has 2 unspecified atom stereocenters. The maximum absolute atomic E-state index is 2.41. The summed E-state index contributed by atoms with van der Waals surface area (Å²) >= 11 is -0.601. The molecule has 0 N–H and O–H groups in total. The van der Waals surface area contributed by atoms with E-state index in [0.29, 0.717) is 11.8 Å². The van der Waals surface area contributed by atoms with Crippen LogP contribution in [-0.2, 0) is 23.2 Å². The molecule has 3 heteroatoms. The first-order valence-corrected chi connectivity index (χ1v) is 9.77. The Morgan fingerprint density at radius 2 is 0.857 bits per heavy atom. The van der Waals surface area contributed by atoms with Crippen LogP contribution in [0.4, 0.5) is 0 Å². The summed E-state index contributed by atoms with van der Waals surface area (Å²) in [6, 6.07) is 0. The Kier molecular flexibility index (Phi) is 7.21. The fourth-order valence-electron chi connectivity index (χ4n) is 3.28. The predicted molar refractivity (Wildman–Crippen MR) is 80.5 cm³/mol. The van der Waals surface area contributed by atoms with Crippen molar-refractivity contribution in [3.8, 4) is 0 Å². The Balaban J connectivity index is 0.00000200. The first kappa shape index (κ1) is 20.7. The van der Waals surface area contributed by atoms with Crippen LogP contribution in [-0.4, -0.2) is 0 Å². The molecule has 0 radical (unpaired) electrons. The Morgan fingerprint density at radius 3 is 1.05 bits per heavy atom. The van der Waals surface area contributed by atoms with Crippen LogP contribution in [0, 0.1) is 11.8 Å². The Morgan fingerprint density at radius 1 is 0.571 bits per heavy atom. The average Bonchev–Trinajstić information content (AvgIpc) is 2.68. The average molecular weight is 372 g/mol. The largest absolute Gasteiger partial charge is 1.00 e. The van der Waals surface area contributed by atoms with Crippen molar-refractivity contribution in [3.63, 3.8) is 0 Å². The molecule has 116 valence electrons. The predicted octanol–water partition coefficient (Wildman–Crippen LogP) is -0.403. The molecular weight excluding hydrogens is 345 g/mol. The van der Waals surface area contributed by atoms with Gasteiger partial charge >= 0.3 is 130 Å². The molecule has 0 spiro atoms. The van der Waals surface area contributed by atoms with Crippen LogP contribution < -0.4 is 9.41 Å². The van der Waals surface area contributed by atoms with Crippen LogP contribution in [0.1, 0.15) is 55.4 Å². The fraction of sp³-hybridized carbons (Fsp3) is 0.556. The van der Waals surface area contributed by atoms with Gasteiger partial charge in [-0.2, -0.15) is 0 Å². The van der Waals surface area contributed by atoms with Gasteiger partial charge in [0.25, 0.3) is 0 Å². The zero-order chi connectivity index (χ0) is 14.5. The maximum atomic E-state index is 2.41. The van der Waals surface area contributed by atoms with Gasteiger partial charge in [-0.3, -0.25) is 0 Å². The monoisotopic (exact) mass is 370 g/mol. The molecule has 0 aromatic rings. The molecule has 0 fully saturated rings. The van der Waals surface area contributed by atoms with Gasteiger partial charge in [0, 0.05) is 0 Å². The van der Waals surface area contributed by atoms with Gasteiger partial charge in [0.15, 0.2) is 0 Å². The van der Waals surface area contributed by atoms with E-state index >= 15 is 0 Å². The second-order valence-corrected chi connectivity index (χ2v) is 9.52. The number of allylic oxidation sites excluding steroid dienone is 8. The van der Waals surface area contributed by atoms with Gasteiger partial charge in [-0.25, -0.2) is 0 Å². The summed E-state index contributed by atoms with van der Waals surface area (Å²) in [7, 11) is 0. The van der Waals surface area contributed by atoms with Crippen LogP contribution >= 0.6 is 0 Å². The van der Waals surface area contributed by atoms with Gasteiger partial charge < -0.3 is 9.41 Å². The van der Waals surface area contributed by atoms with E-state index in [1.807, 2.05) is 6.56 Å². The number of rotatable bonds is 2. The third-order valence-electron chi connectivity index (χ3n) is 5.55. The number of hydrogen-bond donors (Lipinski definition) is 0. The van der Waals surface area contributed by atoms with Crippen molar-refractivity contribution in [1.82, 2.24) is 0 Å². The second-order valence-electron chi connectivity index (χ2n) is 6.26. The topological polar surface area (TPSA) is 0 Å². The first-order chi connectivity index (χ1) is 8.77. The number of hydrogen-bond acceptors (Lipinski definition) is 0. The minimum Gasteiger partial charge on any atom is -1.00 e. The normalized spacial score (nSPS) is 25.3. The van der Waals surface area contributed by atoms with Gasteiger partial charge in [0.1, 0.15) is 0 Å². The maximum Gasteiger partial charge on any atom is -1.00 e. The van der Waals surface area contributed by atoms with Crippen LogP contribution in [0.3, 0.4) is 0 Å². The molecule has 0 amide bonds. The summed E-state index contributed by atoms with van der Waals surface area (Å²) in [5.74, 6) is 1.42. The van der Waals surface area contributed by atoms with E-state index in [-0.39, 0.29) is 9.41 Å². The summed E-state index contributed by atoms with van der Waals surface area (Å²) < 4.78 is 3.64. The van der Waals surface area contributed by atoms with Crippen molar-refractivity contribution in [1.29, 1.82) is 0 Å². The molecule has 2 aliphatic rings. The summed E-state index contributed by atoms with van der Waals surface area (Å²) in [5.41, 5.74) is 9.58. The van der Waals surface area contributed by atoms with E-state index in [9.17, 15) is 0 Å². The van der Waals surface area contributed by atoms with Gasteiger partial charge in [-0.05, 0) is 0 Å². The Labute approximate surface area is 139 Å². The standard InChI is InChI=1S/2C9H13.2FH.Zr/c2*1-6-5-7(2)9(4)8(6)3;;;/h2*6H,1-4H3;2*1H;/q;;;;+2/p-2. The second kappa shape index (κ2) is 7.31. The molecule has 21 heavy (non-hydrogen) atoms. The van der Waals surface area contributed by atoms with E-state index in [2.05, 4.69) is 55.4 Å². The van der Waals surface area contributed by atoms with E-state index in [1.54, 1.807) is 33.4 Å². The molecule has 2 rings (SSSR count). The molecule has 0 aromatic carbocycles. The van der Waals surface area contributed by atoms with Crippen LogP contribution in [0.5, 0.6) is 0 Å². The molecule has 2 atom stereocenters. The molecule has 0 nitrogen and oxygen atoms in total. The minimum atomic E-state index is -0.601. The van der Waals surface area contributed by atoms with Gasteiger partial charge in [-0.15, -0.1) is 0 Å². The molecule has 0 saturated heterocycles. The van der Waals surface area contributed by atoms with Crippen molar-refractivity contribution < 1.29 is 32.6 Å². The van der Waals surface area contributed by atoms with Gasteiger partial charge in [0.2, 0.25) is 0 Å². The summed E-state index contributed by atoms with van der Waals surface area (Å²) in [6.07, 6.45) is 0. The van der Waals surface area contributed by atoms with E-state index < -0.39 is 23.2 Å². The van der Waals surface area contributed by atoms with Crippen molar-refractivity contribution in [2.24, 2.45) is 11.8 Å². The molecule has 0 aliphatic heterocycles. The zero-order valence-electron chi connectivity index (χ0n) is 14.4. The Bertz CT molecular complexity index is 512. The quantitative estimate of drug-likeness (QED) is 0.620. The van der Waals surface area contributed by atoms with Crippen LogP contribution in [0.25, 0.3) is 0 Å². The third-order valence-corrected chi connectivity index (χ3v) is 10.8. The molecule has 0 heterocycles. The van der Waals surface area contributed by atoms with Crippen molar-refractivity contribution in [2.45, 2.75) is 55.4 Å². The van der Waals surface area contributed by atoms with E-state index in [1.165, 1.54) is 0 Å². The molecule has 0 saturated carbocycles. The van der Waals surface area contributed by atoms with Crippen LogP contribution in [0.15, 0.2) is 40.0 Å². The van der Waals surface area contributed by atoms with E-state index in [0.717, 1.165) is 0 Å². The zero-order valence-corrected chi connectivity index (χ0v) is 16.9. The first-order valence-electron chi connectivity index (χ1n) is 7.31. The summed E-state index contributed by atoms with van der Waals surface area (Å²) in [6.45, 7) is 18.8.